The fourth-order valence-corrected chi connectivity index (χ4v) is 2.81. The number of hydrogen-bond acceptors (Lipinski definition) is 3. The number of benzene rings is 1. The zero-order valence-electron chi connectivity index (χ0n) is 12.1. The predicted octanol–water partition coefficient (Wildman–Crippen LogP) is 2.82. The van der Waals surface area contributed by atoms with E-state index in [2.05, 4.69) is 35.5 Å². The van der Waals surface area contributed by atoms with Gasteiger partial charge in [-0.1, -0.05) is 32.9 Å². The summed E-state index contributed by atoms with van der Waals surface area (Å²) in [5, 5.41) is 0.0647. The van der Waals surface area contributed by atoms with Gasteiger partial charge in [0.1, 0.15) is 5.82 Å². The number of hydrogen-bond donors (Lipinski definition) is 2. The summed E-state index contributed by atoms with van der Waals surface area (Å²) in [4.78, 5) is 6.61. The number of sulfonamides is 1. The van der Waals surface area contributed by atoms with Gasteiger partial charge in [-0.05, 0) is 30.0 Å². The number of aromatic amines is 1. The first-order valence-corrected chi connectivity index (χ1v) is 7.82. The molecule has 1 heterocycles. The molecule has 0 bridgehead atoms. The molecular weight excluding hydrogens is 274 g/mol. The molecule has 0 amide bonds. The Morgan fingerprint density at radius 2 is 1.75 bits per heavy atom. The molecule has 1 aromatic heterocycles. The summed E-state index contributed by atoms with van der Waals surface area (Å²) < 4.78 is 26.8. The van der Waals surface area contributed by atoms with Gasteiger partial charge < -0.3 is 4.98 Å². The highest BCUT2D eigenvalue weighted by molar-refractivity contribution is 7.92. The Morgan fingerprint density at radius 1 is 1.15 bits per heavy atom. The second-order valence-corrected chi connectivity index (χ2v) is 7.42. The third-order valence-electron chi connectivity index (χ3n) is 2.97. The number of aryl methyl sites for hydroxylation is 1. The standard InChI is InChI=1S/C14H19N3O2S/c1-10-15-9-13(16-10)20(18,19)17-12-7-5-11(6-8-12)14(2,3)4/h5-9,17H,1-4H3,(H,15,16). The second-order valence-electron chi connectivity index (χ2n) is 5.77. The Balaban J connectivity index is 2.22. The maximum Gasteiger partial charge on any atom is 0.278 e. The van der Waals surface area contributed by atoms with Crippen molar-refractivity contribution >= 4 is 15.7 Å². The van der Waals surface area contributed by atoms with Crippen LogP contribution in [-0.2, 0) is 15.4 Å². The van der Waals surface area contributed by atoms with E-state index >= 15 is 0 Å². The van der Waals surface area contributed by atoms with Crippen molar-refractivity contribution in [3.63, 3.8) is 0 Å². The van der Waals surface area contributed by atoms with Gasteiger partial charge in [0.25, 0.3) is 10.0 Å². The fraction of sp³-hybridized carbons (Fsp3) is 0.357. The van der Waals surface area contributed by atoms with E-state index in [9.17, 15) is 8.42 Å². The summed E-state index contributed by atoms with van der Waals surface area (Å²) in [6.45, 7) is 8.04. The Kier molecular flexibility index (Phi) is 3.60. The van der Waals surface area contributed by atoms with Crippen LogP contribution in [0, 0.1) is 6.92 Å². The summed E-state index contributed by atoms with van der Waals surface area (Å²) >= 11 is 0. The zero-order chi connectivity index (χ0) is 15.0. The van der Waals surface area contributed by atoms with Crippen LogP contribution in [0.1, 0.15) is 32.2 Å². The van der Waals surface area contributed by atoms with Gasteiger partial charge in [-0.2, -0.15) is 8.42 Å². The van der Waals surface area contributed by atoms with Crippen molar-refractivity contribution in [1.29, 1.82) is 0 Å². The van der Waals surface area contributed by atoms with Crippen molar-refractivity contribution < 1.29 is 8.42 Å². The second kappa shape index (κ2) is 4.94. The van der Waals surface area contributed by atoms with Gasteiger partial charge in [0.15, 0.2) is 5.03 Å². The van der Waals surface area contributed by atoms with Crippen molar-refractivity contribution in [1.82, 2.24) is 9.97 Å². The van der Waals surface area contributed by atoms with Crippen LogP contribution in [0.5, 0.6) is 0 Å². The topological polar surface area (TPSA) is 74.8 Å². The van der Waals surface area contributed by atoms with Crippen LogP contribution >= 0.6 is 0 Å². The predicted molar refractivity (Wildman–Crippen MR) is 79.3 cm³/mol. The van der Waals surface area contributed by atoms with Crippen LogP contribution < -0.4 is 4.72 Å². The number of H-pyrrole nitrogens is 1. The highest BCUT2D eigenvalue weighted by Gasteiger charge is 2.17. The molecule has 2 N–H and O–H groups in total. The van der Waals surface area contributed by atoms with Gasteiger partial charge in [-0.15, -0.1) is 0 Å². The minimum absolute atomic E-state index is 0.0396. The number of nitrogens with zero attached hydrogens (tertiary/aromatic N) is 1. The van der Waals surface area contributed by atoms with Crippen LogP contribution in [0.3, 0.4) is 0 Å². The SMILES string of the molecule is Cc1ncc(S(=O)(=O)Nc2ccc(C(C)(C)C)cc2)[nH]1. The van der Waals surface area contributed by atoms with Crippen LogP contribution in [0.25, 0.3) is 0 Å². The number of nitrogens with one attached hydrogen (secondary N) is 2. The molecule has 2 rings (SSSR count). The molecule has 0 saturated carbocycles. The van der Waals surface area contributed by atoms with Gasteiger partial charge in [-0.3, -0.25) is 4.72 Å². The lowest BCUT2D eigenvalue weighted by Crippen LogP contribution is -2.14. The van der Waals surface area contributed by atoms with E-state index in [0.29, 0.717) is 11.5 Å². The smallest absolute Gasteiger partial charge is 0.278 e. The first kappa shape index (κ1) is 14.6. The summed E-state index contributed by atoms with van der Waals surface area (Å²) in [6.07, 6.45) is 1.31. The number of anilines is 1. The Morgan fingerprint density at radius 3 is 2.20 bits per heavy atom. The van der Waals surface area contributed by atoms with Crippen LogP contribution in [0.15, 0.2) is 35.5 Å². The van der Waals surface area contributed by atoms with Gasteiger partial charge in [-0.25, -0.2) is 4.98 Å². The van der Waals surface area contributed by atoms with Crippen molar-refractivity contribution in [2.45, 2.75) is 38.1 Å². The van der Waals surface area contributed by atoms with Gasteiger partial charge >= 0.3 is 0 Å². The molecule has 0 saturated heterocycles. The molecule has 0 unspecified atom stereocenters. The highest BCUT2D eigenvalue weighted by Crippen LogP contribution is 2.24. The average Bonchev–Trinajstić information content (AvgIpc) is 2.76. The largest absolute Gasteiger partial charge is 0.332 e. The maximum absolute atomic E-state index is 12.1. The maximum atomic E-state index is 12.1. The van der Waals surface area contributed by atoms with E-state index in [0.717, 1.165) is 5.56 Å². The molecule has 0 atom stereocenters. The molecule has 0 aliphatic heterocycles. The Hall–Kier alpha value is -1.82. The van der Waals surface area contributed by atoms with Gasteiger partial charge in [0.2, 0.25) is 0 Å². The molecule has 0 fully saturated rings. The van der Waals surface area contributed by atoms with E-state index in [-0.39, 0.29) is 10.4 Å². The minimum atomic E-state index is -3.61. The van der Waals surface area contributed by atoms with E-state index in [1.165, 1.54) is 6.20 Å². The van der Waals surface area contributed by atoms with E-state index < -0.39 is 10.0 Å². The monoisotopic (exact) mass is 293 g/mol. The normalized spacial score (nSPS) is 12.4. The van der Waals surface area contributed by atoms with Crippen molar-refractivity contribution in [3.05, 3.63) is 41.9 Å². The molecule has 0 radical (unpaired) electrons. The summed E-state index contributed by atoms with van der Waals surface area (Å²) in [7, 11) is -3.61. The van der Waals surface area contributed by atoms with Crippen LogP contribution in [0.2, 0.25) is 0 Å². The molecule has 5 nitrogen and oxygen atoms in total. The molecule has 1 aromatic carbocycles. The molecule has 20 heavy (non-hydrogen) atoms. The zero-order valence-corrected chi connectivity index (χ0v) is 12.9. The molecule has 0 aliphatic carbocycles. The lowest BCUT2D eigenvalue weighted by molar-refractivity contribution is 0.590. The van der Waals surface area contributed by atoms with Crippen molar-refractivity contribution in [2.24, 2.45) is 0 Å². The third kappa shape index (κ3) is 3.19. The number of aromatic nitrogens is 2. The van der Waals surface area contributed by atoms with Crippen LogP contribution in [0.4, 0.5) is 5.69 Å². The Bertz CT molecular complexity index is 695. The fourth-order valence-electron chi connectivity index (χ4n) is 1.78. The third-order valence-corrected chi connectivity index (χ3v) is 4.26. The van der Waals surface area contributed by atoms with Gasteiger partial charge in [0.05, 0.1) is 6.20 Å². The van der Waals surface area contributed by atoms with Crippen molar-refractivity contribution in [3.8, 4) is 0 Å². The van der Waals surface area contributed by atoms with Crippen molar-refractivity contribution in [2.75, 3.05) is 4.72 Å². The number of imidazole rings is 1. The highest BCUT2D eigenvalue weighted by atomic mass is 32.2. The summed E-state index contributed by atoms with van der Waals surface area (Å²) in [5.41, 5.74) is 1.72. The van der Waals surface area contributed by atoms with Gasteiger partial charge in [0, 0.05) is 5.69 Å². The molecule has 0 spiro atoms. The quantitative estimate of drug-likeness (QED) is 0.913. The lowest BCUT2D eigenvalue weighted by Gasteiger charge is -2.19. The van der Waals surface area contributed by atoms with Crippen LogP contribution in [-0.4, -0.2) is 18.4 Å². The Labute approximate surface area is 119 Å². The molecule has 0 aliphatic rings. The van der Waals surface area contributed by atoms with E-state index in [1.54, 1.807) is 19.1 Å². The molecule has 2 aromatic rings. The molecular formula is C14H19N3O2S. The first-order valence-electron chi connectivity index (χ1n) is 6.33. The first-order chi connectivity index (χ1) is 9.18. The lowest BCUT2D eigenvalue weighted by atomic mass is 9.87. The summed E-state index contributed by atoms with van der Waals surface area (Å²) in [5.74, 6) is 0.563. The summed E-state index contributed by atoms with van der Waals surface area (Å²) in [6, 6.07) is 7.38. The average molecular weight is 293 g/mol. The molecule has 108 valence electrons. The minimum Gasteiger partial charge on any atom is -0.332 e. The number of rotatable bonds is 3. The molecule has 6 heteroatoms. The van der Waals surface area contributed by atoms with E-state index in [1.807, 2.05) is 12.1 Å². The van der Waals surface area contributed by atoms with E-state index in [4.69, 9.17) is 0 Å².